The molecule has 0 N–H and O–H groups in total. The van der Waals surface area contributed by atoms with Gasteiger partial charge in [0.05, 0.1) is 0 Å². The van der Waals surface area contributed by atoms with Crippen molar-refractivity contribution in [1.29, 1.82) is 0 Å². The van der Waals surface area contributed by atoms with Crippen LogP contribution in [0.1, 0.15) is 22.3 Å². The molecule has 1 unspecified atom stereocenters. The fourth-order valence-electron chi connectivity index (χ4n) is 3.29. The van der Waals surface area contributed by atoms with Crippen molar-refractivity contribution in [2.75, 3.05) is 20.3 Å². The molecule has 0 bridgehead atoms. The minimum Gasteiger partial charge on any atom is -0.490 e. The van der Waals surface area contributed by atoms with Crippen LogP contribution in [0.3, 0.4) is 0 Å². The summed E-state index contributed by atoms with van der Waals surface area (Å²) >= 11 is 0. The van der Waals surface area contributed by atoms with Crippen LogP contribution in [-0.2, 0) is 4.74 Å². The Labute approximate surface area is 155 Å². The molecule has 0 amide bonds. The number of rotatable bonds is 4. The smallest absolute Gasteiger partial charge is 0.128 e. The highest BCUT2D eigenvalue weighted by atomic mass is 16.6. The topological polar surface area (TPSA) is 27.7 Å². The second-order valence-corrected chi connectivity index (χ2v) is 6.20. The van der Waals surface area contributed by atoms with Crippen LogP contribution in [-0.4, -0.2) is 26.4 Å². The Morgan fingerprint density at radius 3 is 2.00 bits per heavy atom. The summed E-state index contributed by atoms with van der Waals surface area (Å²) in [6, 6.07) is 8.00. The quantitative estimate of drug-likeness (QED) is 0.743. The number of benzene rings is 2. The Balaban J connectivity index is 2.40. The van der Waals surface area contributed by atoms with Crippen LogP contribution in [0.2, 0.25) is 0 Å². The maximum Gasteiger partial charge on any atom is 0.128 e. The number of hydrogen-bond donors (Lipinski definition) is 0. The van der Waals surface area contributed by atoms with Crippen LogP contribution in [0.5, 0.6) is 11.5 Å². The molecule has 2 aromatic rings. The summed E-state index contributed by atoms with van der Waals surface area (Å²) < 4.78 is 17.7. The maximum atomic E-state index is 6.13. The van der Waals surface area contributed by atoms with Gasteiger partial charge in [-0.1, -0.05) is 50.1 Å². The second-order valence-electron chi connectivity index (χ2n) is 6.20. The first-order valence-corrected chi connectivity index (χ1v) is 8.61. The summed E-state index contributed by atoms with van der Waals surface area (Å²) in [6.07, 6.45) is 5.37. The van der Waals surface area contributed by atoms with Gasteiger partial charge in [-0.2, -0.15) is 0 Å². The molecule has 2 aromatic carbocycles. The first-order valence-electron chi connectivity index (χ1n) is 8.61. The molecule has 0 saturated carbocycles. The van der Waals surface area contributed by atoms with Crippen molar-refractivity contribution in [3.8, 4) is 22.6 Å². The predicted molar refractivity (Wildman–Crippen MR) is 109 cm³/mol. The van der Waals surface area contributed by atoms with Gasteiger partial charge in [0.2, 0.25) is 0 Å². The van der Waals surface area contributed by atoms with E-state index in [4.69, 9.17) is 14.2 Å². The number of ether oxygens (including phenoxy) is 3. The average molecular weight is 348 g/mol. The molecule has 1 atom stereocenters. The fraction of sp³-hybridized carbons (Fsp3) is 0.217. The van der Waals surface area contributed by atoms with Crippen LogP contribution < -0.4 is 9.47 Å². The van der Waals surface area contributed by atoms with Crippen LogP contribution >= 0.6 is 0 Å². The molecular formula is C23H24O3. The van der Waals surface area contributed by atoms with Gasteiger partial charge >= 0.3 is 0 Å². The lowest BCUT2D eigenvalue weighted by atomic mass is 9.89. The van der Waals surface area contributed by atoms with Gasteiger partial charge in [0.25, 0.3) is 0 Å². The average Bonchev–Trinajstić information content (AvgIpc) is 2.74. The number of fused-ring (bicyclic) bond motifs is 3. The van der Waals surface area contributed by atoms with Gasteiger partial charge < -0.3 is 14.2 Å². The van der Waals surface area contributed by atoms with Crippen LogP contribution in [0.4, 0.5) is 0 Å². The first-order chi connectivity index (χ1) is 12.6. The summed E-state index contributed by atoms with van der Waals surface area (Å²) in [7, 11) is 1.66. The Morgan fingerprint density at radius 2 is 1.46 bits per heavy atom. The van der Waals surface area contributed by atoms with E-state index in [0.717, 1.165) is 44.9 Å². The van der Waals surface area contributed by atoms with E-state index in [2.05, 4.69) is 26.7 Å². The van der Waals surface area contributed by atoms with Crippen molar-refractivity contribution in [2.24, 2.45) is 0 Å². The van der Waals surface area contributed by atoms with Crippen LogP contribution in [0.25, 0.3) is 29.4 Å². The summed E-state index contributed by atoms with van der Waals surface area (Å²) in [5.74, 6) is 1.55. The summed E-state index contributed by atoms with van der Waals surface area (Å²) in [4.78, 5) is 0. The number of aryl methyl sites for hydroxylation is 1. The van der Waals surface area contributed by atoms with E-state index < -0.39 is 0 Å². The molecule has 1 aliphatic rings. The molecule has 3 heteroatoms. The van der Waals surface area contributed by atoms with Gasteiger partial charge in [0.1, 0.15) is 30.8 Å². The van der Waals surface area contributed by atoms with E-state index in [0.29, 0.717) is 13.2 Å². The molecule has 3 rings (SSSR count). The standard InChI is InChI=1S/C23H24O3/c1-6-16-10-12-21-23(19(16)8-3)22-18(7-2)15(4)9-11-20(22)25-13-17(24-5)14-26-21/h6-12,17H,1-3,13-14H2,4-5H3. The highest BCUT2D eigenvalue weighted by Gasteiger charge is 2.24. The monoisotopic (exact) mass is 348 g/mol. The van der Waals surface area contributed by atoms with Gasteiger partial charge in [-0.15, -0.1) is 0 Å². The number of hydrogen-bond acceptors (Lipinski definition) is 3. The molecule has 0 aliphatic carbocycles. The lowest BCUT2D eigenvalue weighted by Gasteiger charge is -2.20. The zero-order valence-electron chi connectivity index (χ0n) is 15.4. The Morgan fingerprint density at radius 1 is 0.885 bits per heavy atom. The molecule has 0 fully saturated rings. The van der Waals surface area contributed by atoms with E-state index in [-0.39, 0.29) is 6.10 Å². The van der Waals surface area contributed by atoms with Gasteiger partial charge in [-0.05, 0) is 41.3 Å². The molecule has 0 saturated heterocycles. The third-order valence-corrected chi connectivity index (χ3v) is 4.73. The maximum absolute atomic E-state index is 6.13. The van der Waals surface area contributed by atoms with E-state index in [9.17, 15) is 0 Å². The summed E-state index contributed by atoms with van der Waals surface area (Å²) in [5.41, 5.74) is 6.01. The second kappa shape index (κ2) is 7.63. The molecule has 0 spiro atoms. The van der Waals surface area contributed by atoms with Crippen molar-refractivity contribution in [3.05, 3.63) is 66.3 Å². The normalized spacial score (nSPS) is 15.8. The Kier molecular flexibility index (Phi) is 5.29. The summed E-state index contributed by atoms with van der Waals surface area (Å²) in [6.45, 7) is 14.8. The molecular weight excluding hydrogens is 324 g/mol. The number of methoxy groups -OCH3 is 1. The molecule has 1 heterocycles. The highest BCUT2D eigenvalue weighted by Crippen LogP contribution is 2.45. The largest absolute Gasteiger partial charge is 0.490 e. The van der Waals surface area contributed by atoms with Crippen molar-refractivity contribution >= 4 is 18.2 Å². The van der Waals surface area contributed by atoms with Crippen molar-refractivity contribution in [3.63, 3.8) is 0 Å². The minimum atomic E-state index is -0.159. The molecule has 26 heavy (non-hydrogen) atoms. The zero-order valence-corrected chi connectivity index (χ0v) is 15.4. The Hall–Kier alpha value is -2.78. The highest BCUT2D eigenvalue weighted by molar-refractivity contribution is 5.92. The van der Waals surface area contributed by atoms with Crippen molar-refractivity contribution < 1.29 is 14.2 Å². The predicted octanol–water partition coefficient (Wildman–Crippen LogP) is 5.38. The molecule has 0 radical (unpaired) electrons. The van der Waals surface area contributed by atoms with Crippen LogP contribution in [0.15, 0.2) is 44.0 Å². The van der Waals surface area contributed by atoms with Crippen LogP contribution in [0, 0.1) is 6.92 Å². The van der Waals surface area contributed by atoms with Gasteiger partial charge in [-0.25, -0.2) is 0 Å². The lowest BCUT2D eigenvalue weighted by Crippen LogP contribution is -2.27. The minimum absolute atomic E-state index is 0.159. The van der Waals surface area contributed by atoms with E-state index in [1.807, 2.05) is 42.5 Å². The van der Waals surface area contributed by atoms with Gasteiger partial charge in [0, 0.05) is 18.2 Å². The third kappa shape index (κ3) is 3.06. The molecule has 0 aromatic heterocycles. The lowest BCUT2D eigenvalue weighted by molar-refractivity contribution is 0.0250. The van der Waals surface area contributed by atoms with Crippen molar-refractivity contribution in [2.45, 2.75) is 13.0 Å². The Bertz CT molecular complexity index is 864. The zero-order chi connectivity index (χ0) is 18.7. The third-order valence-electron chi connectivity index (χ3n) is 4.73. The SMILES string of the molecule is C=Cc1ccc2c(c1C=C)-c1c(ccc(C)c1C=C)OCC(OC)CO2. The van der Waals surface area contributed by atoms with E-state index in [1.165, 1.54) is 0 Å². The van der Waals surface area contributed by atoms with E-state index in [1.54, 1.807) is 7.11 Å². The van der Waals surface area contributed by atoms with Gasteiger partial charge in [0.15, 0.2) is 0 Å². The van der Waals surface area contributed by atoms with Crippen molar-refractivity contribution in [1.82, 2.24) is 0 Å². The fourth-order valence-corrected chi connectivity index (χ4v) is 3.29. The molecule has 1 aliphatic heterocycles. The van der Waals surface area contributed by atoms with E-state index >= 15 is 0 Å². The summed E-state index contributed by atoms with van der Waals surface area (Å²) in [5, 5.41) is 0. The van der Waals surface area contributed by atoms with Gasteiger partial charge in [-0.3, -0.25) is 0 Å². The molecule has 3 nitrogen and oxygen atoms in total. The first kappa shape index (κ1) is 18.0. The molecule has 134 valence electrons.